The van der Waals surface area contributed by atoms with Crippen LogP contribution in [0.3, 0.4) is 0 Å². The van der Waals surface area contributed by atoms with Gasteiger partial charge in [0, 0.05) is 9.77 Å². The second kappa shape index (κ2) is 8.06. The molecular formula is C19H21NO3S2. The molecule has 3 rings (SSSR count). The SMILES string of the molecule is CCOC(=O)c1c(NC(=O)c2ccccc2SCC)sc2c1CCC2. The van der Waals surface area contributed by atoms with E-state index in [1.165, 1.54) is 16.2 Å². The van der Waals surface area contributed by atoms with Crippen molar-refractivity contribution in [2.24, 2.45) is 0 Å². The summed E-state index contributed by atoms with van der Waals surface area (Å²) >= 11 is 3.14. The van der Waals surface area contributed by atoms with Gasteiger partial charge in [0.25, 0.3) is 5.91 Å². The first-order valence-corrected chi connectivity index (χ1v) is 10.3. The Morgan fingerprint density at radius 2 is 2.04 bits per heavy atom. The fourth-order valence-electron chi connectivity index (χ4n) is 3.02. The van der Waals surface area contributed by atoms with E-state index in [9.17, 15) is 9.59 Å². The van der Waals surface area contributed by atoms with Crippen LogP contribution in [0.4, 0.5) is 5.00 Å². The number of nitrogens with one attached hydrogen (secondary N) is 1. The predicted molar refractivity (Wildman–Crippen MR) is 103 cm³/mol. The number of aryl methyl sites for hydroxylation is 1. The molecule has 1 amide bonds. The van der Waals surface area contributed by atoms with Crippen LogP contribution in [0.15, 0.2) is 29.2 Å². The zero-order chi connectivity index (χ0) is 17.8. The quantitative estimate of drug-likeness (QED) is 0.583. The number of anilines is 1. The van der Waals surface area contributed by atoms with Gasteiger partial charge in [-0.3, -0.25) is 4.79 Å². The van der Waals surface area contributed by atoms with Crippen LogP contribution >= 0.6 is 23.1 Å². The maximum Gasteiger partial charge on any atom is 0.341 e. The van der Waals surface area contributed by atoms with Crippen LogP contribution in [0.5, 0.6) is 0 Å². The number of carbonyl (C=O) groups is 2. The zero-order valence-electron chi connectivity index (χ0n) is 14.4. The summed E-state index contributed by atoms with van der Waals surface area (Å²) < 4.78 is 5.21. The van der Waals surface area contributed by atoms with E-state index in [2.05, 4.69) is 12.2 Å². The molecule has 0 radical (unpaired) electrons. The summed E-state index contributed by atoms with van der Waals surface area (Å²) in [5.41, 5.74) is 2.24. The summed E-state index contributed by atoms with van der Waals surface area (Å²) in [4.78, 5) is 27.3. The molecule has 0 spiro atoms. The average molecular weight is 376 g/mol. The third kappa shape index (κ3) is 3.75. The molecule has 1 aromatic carbocycles. The number of hydrogen-bond acceptors (Lipinski definition) is 5. The second-order valence-electron chi connectivity index (χ2n) is 5.67. The number of carbonyl (C=O) groups excluding carboxylic acids is 2. The van der Waals surface area contributed by atoms with Gasteiger partial charge in [0.15, 0.2) is 0 Å². The lowest BCUT2D eigenvalue weighted by Gasteiger charge is -2.10. The van der Waals surface area contributed by atoms with Gasteiger partial charge in [-0.2, -0.15) is 0 Å². The molecule has 1 aliphatic rings. The van der Waals surface area contributed by atoms with Crippen LogP contribution in [0, 0.1) is 0 Å². The van der Waals surface area contributed by atoms with Crippen molar-refractivity contribution in [1.82, 2.24) is 0 Å². The Morgan fingerprint density at radius 1 is 1.24 bits per heavy atom. The molecule has 1 N–H and O–H groups in total. The maximum absolute atomic E-state index is 12.8. The Bertz CT molecular complexity index is 798. The predicted octanol–water partition coefficient (Wildman–Crippen LogP) is 4.78. The van der Waals surface area contributed by atoms with Crippen molar-refractivity contribution >= 4 is 40.0 Å². The van der Waals surface area contributed by atoms with E-state index in [1.54, 1.807) is 18.7 Å². The molecule has 1 aromatic heterocycles. The van der Waals surface area contributed by atoms with Gasteiger partial charge >= 0.3 is 5.97 Å². The van der Waals surface area contributed by atoms with Crippen molar-refractivity contribution in [3.8, 4) is 0 Å². The zero-order valence-corrected chi connectivity index (χ0v) is 16.0. The summed E-state index contributed by atoms with van der Waals surface area (Å²) in [6.07, 6.45) is 2.89. The first-order valence-electron chi connectivity index (χ1n) is 8.50. The molecule has 25 heavy (non-hydrogen) atoms. The highest BCUT2D eigenvalue weighted by Crippen LogP contribution is 2.40. The van der Waals surface area contributed by atoms with Crippen molar-refractivity contribution < 1.29 is 14.3 Å². The standard InChI is InChI=1S/C19H21NO3S2/c1-3-23-19(22)16-12-9-7-11-15(12)25-18(16)20-17(21)13-8-5-6-10-14(13)24-4-2/h5-6,8,10H,3-4,7,9,11H2,1-2H3,(H,20,21). The molecule has 1 heterocycles. The van der Waals surface area contributed by atoms with E-state index in [4.69, 9.17) is 4.74 Å². The van der Waals surface area contributed by atoms with Crippen molar-refractivity contribution in [3.63, 3.8) is 0 Å². The fraction of sp³-hybridized carbons (Fsp3) is 0.368. The molecule has 1 aliphatic carbocycles. The Morgan fingerprint density at radius 3 is 2.80 bits per heavy atom. The lowest BCUT2D eigenvalue weighted by atomic mass is 10.1. The van der Waals surface area contributed by atoms with Gasteiger partial charge < -0.3 is 10.1 Å². The van der Waals surface area contributed by atoms with Gasteiger partial charge in [0.2, 0.25) is 0 Å². The third-order valence-electron chi connectivity index (χ3n) is 4.06. The third-order valence-corrected chi connectivity index (χ3v) is 6.22. The minimum absolute atomic E-state index is 0.179. The molecular weight excluding hydrogens is 354 g/mol. The number of amides is 1. The molecule has 0 aliphatic heterocycles. The highest BCUT2D eigenvalue weighted by atomic mass is 32.2. The number of benzene rings is 1. The lowest BCUT2D eigenvalue weighted by Crippen LogP contribution is -2.16. The second-order valence-corrected chi connectivity index (χ2v) is 8.08. The number of hydrogen-bond donors (Lipinski definition) is 1. The average Bonchev–Trinajstić information content (AvgIpc) is 3.16. The van der Waals surface area contributed by atoms with Crippen LogP contribution in [0.2, 0.25) is 0 Å². The fourth-order valence-corrected chi connectivity index (χ4v) is 5.09. The summed E-state index contributed by atoms with van der Waals surface area (Å²) in [5, 5.41) is 3.58. The Labute approximate surface area is 156 Å². The summed E-state index contributed by atoms with van der Waals surface area (Å²) in [6, 6.07) is 7.55. The van der Waals surface area contributed by atoms with Gasteiger partial charge in [-0.25, -0.2) is 4.79 Å². The van der Waals surface area contributed by atoms with Gasteiger partial charge in [0.05, 0.1) is 17.7 Å². The molecule has 132 valence electrons. The number of rotatable bonds is 6. The maximum atomic E-state index is 12.8. The normalized spacial score (nSPS) is 12.7. The van der Waals surface area contributed by atoms with Crippen molar-refractivity contribution in [2.75, 3.05) is 17.7 Å². The van der Waals surface area contributed by atoms with E-state index >= 15 is 0 Å². The smallest absolute Gasteiger partial charge is 0.341 e. The molecule has 0 saturated heterocycles. The van der Waals surface area contributed by atoms with E-state index in [0.29, 0.717) is 22.7 Å². The topological polar surface area (TPSA) is 55.4 Å². The molecule has 2 aromatic rings. The van der Waals surface area contributed by atoms with E-state index in [-0.39, 0.29) is 11.9 Å². The molecule has 0 atom stereocenters. The van der Waals surface area contributed by atoms with Crippen molar-refractivity contribution in [2.45, 2.75) is 38.0 Å². The minimum atomic E-state index is -0.339. The number of fused-ring (bicyclic) bond motifs is 1. The monoisotopic (exact) mass is 375 g/mol. The van der Waals surface area contributed by atoms with Crippen LogP contribution in [0.1, 0.15) is 51.4 Å². The van der Waals surface area contributed by atoms with Gasteiger partial charge in [-0.15, -0.1) is 23.1 Å². The van der Waals surface area contributed by atoms with Crippen LogP contribution in [-0.2, 0) is 17.6 Å². The Hall–Kier alpha value is -1.79. The van der Waals surface area contributed by atoms with Gasteiger partial charge in [-0.05, 0) is 49.6 Å². The number of thioether (sulfide) groups is 1. The van der Waals surface area contributed by atoms with Crippen molar-refractivity contribution in [1.29, 1.82) is 0 Å². The van der Waals surface area contributed by atoms with E-state index in [1.807, 2.05) is 24.3 Å². The van der Waals surface area contributed by atoms with E-state index < -0.39 is 0 Å². The Kier molecular flexibility index (Phi) is 5.81. The summed E-state index contributed by atoms with van der Waals surface area (Å²) in [7, 11) is 0. The highest BCUT2D eigenvalue weighted by Gasteiger charge is 2.28. The lowest BCUT2D eigenvalue weighted by molar-refractivity contribution is 0.0527. The Balaban J connectivity index is 1.91. The van der Waals surface area contributed by atoms with Gasteiger partial charge in [-0.1, -0.05) is 19.1 Å². The van der Waals surface area contributed by atoms with E-state index in [0.717, 1.165) is 35.5 Å². The molecule has 0 bridgehead atoms. The molecule has 4 nitrogen and oxygen atoms in total. The number of ether oxygens (including phenoxy) is 1. The highest BCUT2D eigenvalue weighted by molar-refractivity contribution is 7.99. The first-order chi connectivity index (χ1) is 12.2. The number of esters is 1. The molecule has 0 unspecified atom stereocenters. The van der Waals surface area contributed by atoms with Crippen LogP contribution in [-0.4, -0.2) is 24.2 Å². The van der Waals surface area contributed by atoms with Crippen molar-refractivity contribution in [3.05, 3.63) is 45.8 Å². The minimum Gasteiger partial charge on any atom is -0.462 e. The molecule has 0 saturated carbocycles. The van der Waals surface area contributed by atoms with Crippen LogP contribution in [0.25, 0.3) is 0 Å². The molecule has 6 heteroatoms. The largest absolute Gasteiger partial charge is 0.462 e. The van der Waals surface area contributed by atoms with Gasteiger partial charge in [0.1, 0.15) is 5.00 Å². The van der Waals surface area contributed by atoms with Crippen LogP contribution < -0.4 is 5.32 Å². The molecule has 0 fully saturated rings. The summed E-state index contributed by atoms with van der Waals surface area (Å²) in [6.45, 7) is 4.18. The number of thiophene rings is 1. The first kappa shape index (κ1) is 18.0. The summed E-state index contributed by atoms with van der Waals surface area (Å²) in [5.74, 6) is 0.376.